The normalized spacial score (nSPS) is 10.0. The molecular weight excluding hydrogens is 280 g/mol. The molecule has 0 N–H and O–H groups in total. The molecule has 0 unspecified atom stereocenters. The van der Waals surface area contributed by atoms with E-state index < -0.39 is 0 Å². The summed E-state index contributed by atoms with van der Waals surface area (Å²) in [4.78, 5) is 11.1. The molecule has 0 aliphatic carbocycles. The topological polar surface area (TPSA) is 26.3 Å². The van der Waals surface area contributed by atoms with Crippen molar-refractivity contribution in [1.29, 1.82) is 0 Å². The average Bonchev–Trinajstić information content (AvgIpc) is 2.32. The minimum atomic E-state index is -0.325. The zero-order chi connectivity index (χ0) is 12.3. The maximum Gasteiger partial charge on any atom is 0.308 e. The number of hydrogen-bond donors (Lipinski definition) is 0. The third kappa shape index (κ3) is 2.74. The molecule has 0 saturated heterocycles. The lowest BCUT2D eigenvalue weighted by Crippen LogP contribution is -2.03. The van der Waals surface area contributed by atoms with Crippen molar-refractivity contribution in [2.24, 2.45) is 0 Å². The molecule has 2 rings (SSSR count). The van der Waals surface area contributed by atoms with Crippen LogP contribution in [0.3, 0.4) is 0 Å². The van der Waals surface area contributed by atoms with E-state index >= 15 is 0 Å². The van der Waals surface area contributed by atoms with Gasteiger partial charge in [-0.25, -0.2) is 0 Å². The maximum absolute atomic E-state index is 11.1. The molecule has 0 aromatic heterocycles. The van der Waals surface area contributed by atoms with Gasteiger partial charge in [-0.15, -0.1) is 0 Å². The van der Waals surface area contributed by atoms with E-state index in [1.165, 1.54) is 6.92 Å². The highest BCUT2D eigenvalue weighted by Crippen LogP contribution is 2.36. The van der Waals surface area contributed by atoms with Crippen LogP contribution in [0.5, 0.6) is 5.75 Å². The quantitative estimate of drug-likeness (QED) is 0.616. The molecule has 0 saturated carbocycles. The van der Waals surface area contributed by atoms with Gasteiger partial charge in [0.25, 0.3) is 0 Å². The summed E-state index contributed by atoms with van der Waals surface area (Å²) in [6.45, 7) is 1.40. The molecule has 3 heteroatoms. The van der Waals surface area contributed by atoms with Gasteiger partial charge in [0.1, 0.15) is 0 Å². The Hall–Kier alpha value is -1.61. The molecular formula is C14H11BrO2. The Kier molecular flexibility index (Phi) is 3.59. The van der Waals surface area contributed by atoms with Crippen LogP contribution in [0.15, 0.2) is 53.0 Å². The predicted molar refractivity (Wildman–Crippen MR) is 70.9 cm³/mol. The Labute approximate surface area is 108 Å². The molecule has 0 fully saturated rings. The second-order valence-corrected chi connectivity index (χ2v) is 4.43. The molecule has 0 aliphatic heterocycles. The fraction of sp³-hybridized carbons (Fsp3) is 0.0714. The van der Waals surface area contributed by atoms with E-state index in [2.05, 4.69) is 15.9 Å². The summed E-state index contributed by atoms with van der Waals surface area (Å²) >= 11 is 3.40. The highest BCUT2D eigenvalue weighted by atomic mass is 79.9. The Bertz CT molecular complexity index is 535. The second kappa shape index (κ2) is 5.15. The van der Waals surface area contributed by atoms with E-state index in [-0.39, 0.29) is 5.97 Å². The lowest BCUT2D eigenvalue weighted by atomic mass is 10.1. The molecule has 17 heavy (non-hydrogen) atoms. The van der Waals surface area contributed by atoms with Crippen molar-refractivity contribution in [2.45, 2.75) is 6.92 Å². The smallest absolute Gasteiger partial charge is 0.308 e. The first kappa shape index (κ1) is 11.9. The molecule has 0 bridgehead atoms. The molecule has 0 atom stereocenters. The Morgan fingerprint density at radius 1 is 1.06 bits per heavy atom. The fourth-order valence-corrected chi connectivity index (χ4v) is 2.05. The van der Waals surface area contributed by atoms with Crippen LogP contribution in [0.2, 0.25) is 0 Å². The van der Waals surface area contributed by atoms with Crippen molar-refractivity contribution in [3.05, 3.63) is 53.0 Å². The SMILES string of the molecule is CC(=O)Oc1c(Br)cccc1-c1ccccc1. The number of carbonyl (C=O) groups excluding carboxylic acids is 1. The largest absolute Gasteiger partial charge is 0.425 e. The van der Waals surface area contributed by atoms with Gasteiger partial charge in [-0.2, -0.15) is 0 Å². The van der Waals surface area contributed by atoms with Crippen LogP contribution in [-0.2, 0) is 4.79 Å². The van der Waals surface area contributed by atoms with Gasteiger partial charge >= 0.3 is 5.97 Å². The number of benzene rings is 2. The Balaban J connectivity index is 2.54. The van der Waals surface area contributed by atoms with Gasteiger partial charge in [0, 0.05) is 12.5 Å². The average molecular weight is 291 g/mol. The first-order valence-corrected chi connectivity index (χ1v) is 6.00. The molecule has 2 nitrogen and oxygen atoms in total. The monoisotopic (exact) mass is 290 g/mol. The molecule has 0 amide bonds. The highest BCUT2D eigenvalue weighted by Gasteiger charge is 2.11. The van der Waals surface area contributed by atoms with Crippen LogP contribution in [0.25, 0.3) is 11.1 Å². The van der Waals surface area contributed by atoms with E-state index in [1.54, 1.807) is 0 Å². The summed E-state index contributed by atoms with van der Waals surface area (Å²) in [7, 11) is 0. The Morgan fingerprint density at radius 2 is 1.76 bits per heavy atom. The van der Waals surface area contributed by atoms with Crippen LogP contribution in [0.1, 0.15) is 6.92 Å². The maximum atomic E-state index is 11.1. The van der Waals surface area contributed by atoms with Gasteiger partial charge in [0.2, 0.25) is 0 Å². The minimum Gasteiger partial charge on any atom is -0.425 e. The van der Waals surface area contributed by atoms with Crippen molar-refractivity contribution in [2.75, 3.05) is 0 Å². The summed E-state index contributed by atoms with van der Waals surface area (Å²) in [6, 6.07) is 15.5. The first-order chi connectivity index (χ1) is 8.18. The van der Waals surface area contributed by atoms with Gasteiger partial charge in [-0.1, -0.05) is 42.5 Å². The number of para-hydroxylation sites is 1. The van der Waals surface area contributed by atoms with E-state index in [0.29, 0.717) is 5.75 Å². The lowest BCUT2D eigenvalue weighted by molar-refractivity contribution is -0.131. The number of hydrogen-bond acceptors (Lipinski definition) is 2. The Morgan fingerprint density at radius 3 is 2.41 bits per heavy atom. The predicted octanol–water partition coefficient (Wildman–Crippen LogP) is 4.04. The highest BCUT2D eigenvalue weighted by molar-refractivity contribution is 9.10. The summed E-state index contributed by atoms with van der Waals surface area (Å²) in [5, 5.41) is 0. The molecule has 2 aromatic carbocycles. The molecule has 0 radical (unpaired) electrons. The van der Waals surface area contributed by atoms with Gasteiger partial charge in [0.15, 0.2) is 5.75 Å². The number of ether oxygens (including phenoxy) is 1. The standard InChI is InChI=1S/C14H11BrO2/c1-10(16)17-14-12(8-5-9-13(14)15)11-6-3-2-4-7-11/h2-9H,1H3. The van der Waals surface area contributed by atoms with E-state index in [1.807, 2.05) is 48.5 Å². The summed E-state index contributed by atoms with van der Waals surface area (Å²) in [6.07, 6.45) is 0. The number of halogens is 1. The van der Waals surface area contributed by atoms with Crippen LogP contribution < -0.4 is 4.74 Å². The molecule has 86 valence electrons. The van der Waals surface area contributed by atoms with Gasteiger partial charge in [0.05, 0.1) is 4.47 Å². The molecule has 0 spiro atoms. The van der Waals surface area contributed by atoms with Gasteiger partial charge in [-0.05, 0) is 27.6 Å². The summed E-state index contributed by atoms with van der Waals surface area (Å²) in [5.41, 5.74) is 1.92. The summed E-state index contributed by atoms with van der Waals surface area (Å²) < 4.78 is 6.02. The van der Waals surface area contributed by atoms with E-state index in [9.17, 15) is 4.79 Å². The first-order valence-electron chi connectivity index (χ1n) is 5.21. The van der Waals surface area contributed by atoms with Gasteiger partial charge in [-0.3, -0.25) is 4.79 Å². The zero-order valence-corrected chi connectivity index (χ0v) is 10.9. The van der Waals surface area contributed by atoms with E-state index in [4.69, 9.17) is 4.74 Å². The number of esters is 1. The van der Waals surface area contributed by atoms with Crippen molar-refractivity contribution < 1.29 is 9.53 Å². The van der Waals surface area contributed by atoms with E-state index in [0.717, 1.165) is 15.6 Å². The van der Waals surface area contributed by atoms with Crippen LogP contribution >= 0.6 is 15.9 Å². The van der Waals surface area contributed by atoms with Crippen molar-refractivity contribution >= 4 is 21.9 Å². The summed E-state index contributed by atoms with van der Waals surface area (Å²) in [5.74, 6) is 0.236. The van der Waals surface area contributed by atoms with Gasteiger partial charge < -0.3 is 4.74 Å². The van der Waals surface area contributed by atoms with Crippen molar-refractivity contribution in [3.63, 3.8) is 0 Å². The van der Waals surface area contributed by atoms with Crippen LogP contribution in [0.4, 0.5) is 0 Å². The van der Waals surface area contributed by atoms with Crippen LogP contribution in [0, 0.1) is 0 Å². The zero-order valence-electron chi connectivity index (χ0n) is 9.31. The van der Waals surface area contributed by atoms with Crippen molar-refractivity contribution in [1.82, 2.24) is 0 Å². The molecule has 0 heterocycles. The van der Waals surface area contributed by atoms with Crippen LogP contribution in [-0.4, -0.2) is 5.97 Å². The number of rotatable bonds is 2. The van der Waals surface area contributed by atoms with Crippen molar-refractivity contribution in [3.8, 4) is 16.9 Å². The third-order valence-corrected chi connectivity index (χ3v) is 2.92. The molecule has 2 aromatic rings. The second-order valence-electron chi connectivity index (χ2n) is 3.58. The third-order valence-electron chi connectivity index (χ3n) is 2.30. The minimum absolute atomic E-state index is 0.325. The lowest BCUT2D eigenvalue weighted by Gasteiger charge is -2.10. The fourth-order valence-electron chi connectivity index (χ4n) is 1.60. The molecule has 0 aliphatic rings. The number of carbonyl (C=O) groups is 1.